The van der Waals surface area contributed by atoms with E-state index in [1.54, 1.807) is 0 Å². The average molecular weight is 286 g/mol. The number of rotatable bonds is 5. The molecular weight excluding hydrogens is 258 g/mol. The van der Waals surface area contributed by atoms with E-state index in [-0.39, 0.29) is 0 Å². The summed E-state index contributed by atoms with van der Waals surface area (Å²) in [6.45, 7) is 0.748. The minimum absolute atomic E-state index is 0.374. The van der Waals surface area contributed by atoms with E-state index < -0.39 is 0 Å². The Kier molecular flexibility index (Phi) is 6.49. The van der Waals surface area contributed by atoms with Crippen LogP contribution >= 0.6 is 11.6 Å². The van der Waals surface area contributed by atoms with Crippen molar-refractivity contribution in [2.75, 3.05) is 12.4 Å². The molecule has 2 aliphatic rings. The zero-order chi connectivity index (χ0) is 13.5. The first kappa shape index (κ1) is 15.2. The van der Waals surface area contributed by atoms with Gasteiger partial charge in [-0.2, -0.15) is 0 Å². The third-order valence-corrected chi connectivity index (χ3v) is 5.02. The third kappa shape index (κ3) is 4.66. The molecule has 0 N–H and O–H groups in total. The fraction of sp³-hybridized carbons (Fsp3) is 0.938. The molecule has 0 spiro atoms. The summed E-state index contributed by atoms with van der Waals surface area (Å²) in [5.74, 6) is 1.59. The van der Waals surface area contributed by atoms with Crippen molar-refractivity contribution >= 4 is 17.5 Å². The van der Waals surface area contributed by atoms with Crippen molar-refractivity contribution in [3.05, 3.63) is 0 Å². The number of carbonyl (C=O) groups excluding carboxylic acids is 1. The molecule has 2 aliphatic carbocycles. The largest absolute Gasteiger partial charge is 0.339 e. The smallest absolute Gasteiger partial charge is 0.223 e. The first-order valence-corrected chi connectivity index (χ1v) is 8.70. The van der Waals surface area contributed by atoms with E-state index >= 15 is 0 Å². The first-order valence-electron chi connectivity index (χ1n) is 8.16. The number of halogens is 1. The topological polar surface area (TPSA) is 20.3 Å². The molecule has 0 radical (unpaired) electrons. The van der Waals surface area contributed by atoms with E-state index in [1.807, 2.05) is 0 Å². The Bertz CT molecular complexity index is 270. The van der Waals surface area contributed by atoms with Gasteiger partial charge in [0.05, 0.1) is 0 Å². The molecule has 110 valence electrons. The Hall–Kier alpha value is -0.240. The molecule has 0 atom stereocenters. The monoisotopic (exact) mass is 285 g/mol. The molecule has 0 unspecified atom stereocenters. The number of hydrogen-bond donors (Lipinski definition) is 0. The van der Waals surface area contributed by atoms with Crippen LogP contribution in [0.25, 0.3) is 0 Å². The van der Waals surface area contributed by atoms with Crippen molar-refractivity contribution in [1.29, 1.82) is 0 Å². The van der Waals surface area contributed by atoms with Gasteiger partial charge in [-0.05, 0) is 31.6 Å². The van der Waals surface area contributed by atoms with Crippen LogP contribution in [0.15, 0.2) is 0 Å². The predicted octanol–water partition coefficient (Wildman–Crippen LogP) is 4.36. The van der Waals surface area contributed by atoms with E-state index in [9.17, 15) is 4.79 Å². The van der Waals surface area contributed by atoms with Crippen LogP contribution in [0.2, 0.25) is 0 Å². The molecule has 0 aromatic rings. The highest BCUT2D eigenvalue weighted by Crippen LogP contribution is 2.29. The molecule has 19 heavy (non-hydrogen) atoms. The number of hydrogen-bond acceptors (Lipinski definition) is 1. The molecule has 0 saturated heterocycles. The molecule has 3 heteroatoms. The minimum Gasteiger partial charge on any atom is -0.339 e. The Morgan fingerprint density at radius 1 is 0.947 bits per heavy atom. The van der Waals surface area contributed by atoms with Crippen LogP contribution in [0.4, 0.5) is 0 Å². The summed E-state index contributed by atoms with van der Waals surface area (Å²) in [5, 5.41) is 0. The lowest BCUT2D eigenvalue weighted by molar-refractivity contribution is -0.135. The van der Waals surface area contributed by atoms with Gasteiger partial charge < -0.3 is 4.90 Å². The first-order chi connectivity index (χ1) is 9.31. The molecule has 0 aliphatic heterocycles. The van der Waals surface area contributed by atoms with Gasteiger partial charge in [-0.15, -0.1) is 11.6 Å². The molecule has 0 aromatic heterocycles. The zero-order valence-corrected chi connectivity index (χ0v) is 12.8. The highest BCUT2D eigenvalue weighted by atomic mass is 35.5. The van der Waals surface area contributed by atoms with E-state index in [0.717, 1.165) is 13.0 Å². The van der Waals surface area contributed by atoms with Crippen molar-refractivity contribution in [2.45, 2.75) is 76.7 Å². The highest BCUT2D eigenvalue weighted by Gasteiger charge is 2.27. The van der Waals surface area contributed by atoms with Crippen LogP contribution in [0.3, 0.4) is 0 Å². The maximum Gasteiger partial charge on any atom is 0.223 e. The fourth-order valence-electron chi connectivity index (χ4n) is 3.75. The molecule has 0 aromatic carbocycles. The third-order valence-electron chi connectivity index (χ3n) is 4.85. The van der Waals surface area contributed by atoms with Gasteiger partial charge in [0.25, 0.3) is 0 Å². The second-order valence-corrected chi connectivity index (χ2v) is 6.65. The SMILES string of the molecule is O=C(CC1CCCCC1)N(CCCl)C1CCCCC1. The highest BCUT2D eigenvalue weighted by molar-refractivity contribution is 6.18. The van der Waals surface area contributed by atoms with Crippen molar-refractivity contribution < 1.29 is 4.79 Å². The Labute approximate surface area is 122 Å². The molecule has 2 saturated carbocycles. The van der Waals surface area contributed by atoms with Gasteiger partial charge in [-0.25, -0.2) is 0 Å². The molecule has 2 rings (SSSR count). The van der Waals surface area contributed by atoms with E-state index in [2.05, 4.69) is 4.90 Å². The number of nitrogens with zero attached hydrogens (tertiary/aromatic N) is 1. The molecule has 0 heterocycles. The minimum atomic E-state index is 0.374. The molecular formula is C16H28ClNO. The van der Waals surface area contributed by atoms with Gasteiger partial charge in [-0.3, -0.25) is 4.79 Å². The summed E-state index contributed by atoms with van der Waals surface area (Å²) in [7, 11) is 0. The number of amides is 1. The van der Waals surface area contributed by atoms with Gasteiger partial charge in [0.1, 0.15) is 0 Å². The summed E-state index contributed by atoms with van der Waals surface area (Å²) in [6, 6.07) is 0.476. The van der Waals surface area contributed by atoms with Crippen LogP contribution in [0.1, 0.15) is 70.6 Å². The van der Waals surface area contributed by atoms with Crippen LogP contribution in [-0.4, -0.2) is 29.3 Å². The van der Waals surface area contributed by atoms with Crippen LogP contribution in [-0.2, 0) is 4.79 Å². The molecule has 2 nitrogen and oxygen atoms in total. The lowest BCUT2D eigenvalue weighted by Gasteiger charge is -2.35. The van der Waals surface area contributed by atoms with Crippen molar-refractivity contribution in [3.8, 4) is 0 Å². The van der Waals surface area contributed by atoms with Gasteiger partial charge >= 0.3 is 0 Å². The zero-order valence-electron chi connectivity index (χ0n) is 12.1. The van der Waals surface area contributed by atoms with Crippen LogP contribution in [0.5, 0.6) is 0 Å². The maximum absolute atomic E-state index is 12.6. The Morgan fingerprint density at radius 3 is 2.11 bits per heavy atom. The lowest BCUT2D eigenvalue weighted by Crippen LogP contribution is -2.43. The Morgan fingerprint density at radius 2 is 1.53 bits per heavy atom. The Balaban J connectivity index is 1.87. The summed E-state index contributed by atoms with van der Waals surface area (Å²) in [6.07, 6.45) is 13.5. The van der Waals surface area contributed by atoms with Crippen LogP contribution < -0.4 is 0 Å². The van der Waals surface area contributed by atoms with Crippen molar-refractivity contribution in [3.63, 3.8) is 0 Å². The quantitative estimate of drug-likeness (QED) is 0.688. The van der Waals surface area contributed by atoms with Gasteiger partial charge in [0.15, 0.2) is 0 Å². The number of carbonyl (C=O) groups is 1. The maximum atomic E-state index is 12.6. The summed E-state index contributed by atoms with van der Waals surface area (Å²) >= 11 is 5.91. The fourth-order valence-corrected chi connectivity index (χ4v) is 3.93. The van der Waals surface area contributed by atoms with E-state index in [1.165, 1.54) is 64.2 Å². The van der Waals surface area contributed by atoms with Crippen molar-refractivity contribution in [2.24, 2.45) is 5.92 Å². The standard InChI is InChI=1S/C16H28ClNO/c17-11-12-18(15-9-5-2-6-10-15)16(19)13-14-7-3-1-4-8-14/h14-15H,1-13H2. The van der Waals surface area contributed by atoms with Gasteiger partial charge in [0.2, 0.25) is 5.91 Å². The van der Waals surface area contributed by atoms with E-state index in [4.69, 9.17) is 11.6 Å². The van der Waals surface area contributed by atoms with Gasteiger partial charge in [0, 0.05) is 24.9 Å². The number of alkyl halides is 1. The second kappa shape index (κ2) is 8.14. The summed E-state index contributed by atoms with van der Waals surface area (Å²) in [4.78, 5) is 14.7. The molecule has 1 amide bonds. The van der Waals surface area contributed by atoms with E-state index in [0.29, 0.717) is 23.7 Å². The summed E-state index contributed by atoms with van der Waals surface area (Å²) < 4.78 is 0. The predicted molar refractivity (Wildman–Crippen MR) is 80.5 cm³/mol. The molecule has 2 fully saturated rings. The van der Waals surface area contributed by atoms with Gasteiger partial charge in [-0.1, -0.05) is 38.5 Å². The van der Waals surface area contributed by atoms with Crippen LogP contribution in [0, 0.1) is 5.92 Å². The average Bonchev–Trinajstić information content (AvgIpc) is 2.46. The van der Waals surface area contributed by atoms with Crippen molar-refractivity contribution in [1.82, 2.24) is 4.90 Å². The molecule has 0 bridgehead atoms. The summed E-state index contributed by atoms with van der Waals surface area (Å²) in [5.41, 5.74) is 0. The second-order valence-electron chi connectivity index (χ2n) is 6.28. The lowest BCUT2D eigenvalue weighted by atomic mass is 9.86. The normalized spacial score (nSPS) is 22.4.